The van der Waals surface area contributed by atoms with Crippen LogP contribution in [0.5, 0.6) is 0 Å². The van der Waals surface area contributed by atoms with Crippen LogP contribution >= 0.6 is 0 Å². The Morgan fingerprint density at radius 1 is 1.00 bits per heavy atom. The molecule has 0 heterocycles. The van der Waals surface area contributed by atoms with Crippen LogP contribution in [0.3, 0.4) is 0 Å². The summed E-state index contributed by atoms with van der Waals surface area (Å²) in [6.07, 6.45) is 0. The van der Waals surface area contributed by atoms with Crippen LogP contribution in [0.15, 0.2) is 0 Å². The van der Waals surface area contributed by atoms with Crippen molar-refractivity contribution in [2.45, 2.75) is 0 Å². The van der Waals surface area contributed by atoms with Crippen LogP contribution in [-0.2, 0) is 0 Å². The SMILES string of the molecule is [Br-].[F-].[K+].[Na+]. The third-order valence-corrected chi connectivity index (χ3v) is 0. The van der Waals surface area contributed by atoms with Crippen molar-refractivity contribution in [2.24, 2.45) is 0 Å². The second-order valence-corrected chi connectivity index (χ2v) is 0. The molecule has 0 N–H and O–H groups in total. The van der Waals surface area contributed by atoms with Gasteiger partial charge in [0.15, 0.2) is 0 Å². The molecule has 0 amide bonds. The molecule has 0 spiro atoms. The average molecular weight is 161 g/mol. The molecule has 0 aromatic rings. The first-order chi connectivity index (χ1) is 0. The van der Waals surface area contributed by atoms with Gasteiger partial charge in [0.1, 0.15) is 0 Å². The molecular formula is BrFKNa. The van der Waals surface area contributed by atoms with E-state index in [-0.39, 0.29) is 103 Å². The summed E-state index contributed by atoms with van der Waals surface area (Å²) >= 11 is 0. The van der Waals surface area contributed by atoms with Crippen molar-refractivity contribution in [3.8, 4) is 0 Å². The molecule has 0 atom stereocenters. The van der Waals surface area contributed by atoms with E-state index >= 15 is 0 Å². The quantitative estimate of drug-likeness (QED) is 0.309. The van der Waals surface area contributed by atoms with E-state index in [1.807, 2.05) is 0 Å². The number of rotatable bonds is 0. The van der Waals surface area contributed by atoms with E-state index < -0.39 is 0 Å². The zero-order valence-electron chi connectivity index (χ0n) is 2.76. The van der Waals surface area contributed by atoms with Gasteiger partial charge in [-0.2, -0.15) is 0 Å². The van der Waals surface area contributed by atoms with Crippen molar-refractivity contribution in [2.75, 3.05) is 0 Å². The van der Waals surface area contributed by atoms with Gasteiger partial charge in [0.2, 0.25) is 0 Å². The minimum Gasteiger partial charge on any atom is -1.00 e. The van der Waals surface area contributed by atoms with Gasteiger partial charge in [-0.1, -0.05) is 0 Å². The summed E-state index contributed by atoms with van der Waals surface area (Å²) in [6, 6.07) is 0. The van der Waals surface area contributed by atoms with Crippen molar-refractivity contribution in [3.05, 3.63) is 0 Å². The minimum atomic E-state index is 0. The summed E-state index contributed by atoms with van der Waals surface area (Å²) in [4.78, 5) is 0. The summed E-state index contributed by atoms with van der Waals surface area (Å²) in [5.41, 5.74) is 0. The van der Waals surface area contributed by atoms with Crippen LogP contribution in [-0.4, -0.2) is 0 Å². The minimum absolute atomic E-state index is 0. The molecule has 0 saturated heterocycles. The van der Waals surface area contributed by atoms with Crippen LogP contribution < -0.4 is 103 Å². The van der Waals surface area contributed by atoms with E-state index in [2.05, 4.69) is 0 Å². The van der Waals surface area contributed by atoms with E-state index in [1.165, 1.54) is 0 Å². The Labute approximate surface area is 99.9 Å². The summed E-state index contributed by atoms with van der Waals surface area (Å²) in [5.74, 6) is 0. The van der Waals surface area contributed by atoms with Crippen molar-refractivity contribution in [3.63, 3.8) is 0 Å². The predicted molar refractivity (Wildman–Crippen MR) is 0 cm³/mol. The molecule has 0 aromatic heterocycles. The van der Waals surface area contributed by atoms with E-state index in [1.54, 1.807) is 0 Å². The van der Waals surface area contributed by atoms with Crippen LogP contribution in [0, 0.1) is 0 Å². The molecular weight excluding hydrogens is 161 g/mol. The Morgan fingerprint density at radius 3 is 1.00 bits per heavy atom. The van der Waals surface area contributed by atoms with E-state index in [0.717, 1.165) is 0 Å². The first kappa shape index (κ1) is 27.8. The zero-order valence-corrected chi connectivity index (χ0v) is 9.47. The van der Waals surface area contributed by atoms with E-state index in [0.29, 0.717) is 0 Å². The molecule has 0 aliphatic rings. The van der Waals surface area contributed by atoms with Crippen LogP contribution in [0.25, 0.3) is 0 Å². The van der Waals surface area contributed by atoms with Gasteiger partial charge >= 0.3 is 80.9 Å². The molecule has 4 heavy (non-hydrogen) atoms. The van der Waals surface area contributed by atoms with Gasteiger partial charge in [0.25, 0.3) is 0 Å². The second-order valence-electron chi connectivity index (χ2n) is 0. The second kappa shape index (κ2) is 16.6. The van der Waals surface area contributed by atoms with Crippen LogP contribution in [0.2, 0.25) is 0 Å². The van der Waals surface area contributed by atoms with Crippen LogP contribution in [0.4, 0.5) is 0 Å². The summed E-state index contributed by atoms with van der Waals surface area (Å²) in [5, 5.41) is 0. The molecule has 0 fully saturated rings. The molecule has 0 nitrogen and oxygen atoms in total. The fourth-order valence-corrected chi connectivity index (χ4v) is 0. The molecule has 0 unspecified atom stereocenters. The zero-order chi connectivity index (χ0) is 0. The molecule has 0 bridgehead atoms. The standard InChI is InChI=1S/BrH.FH.K.Na/h2*1H;;/q;;2*+1/p-2. The molecule has 0 aliphatic heterocycles. The molecule has 0 saturated carbocycles. The fourth-order valence-electron chi connectivity index (χ4n) is 0. The largest absolute Gasteiger partial charge is 1.00 e. The maximum atomic E-state index is 0. The Balaban J connectivity index is 0. The first-order valence-corrected chi connectivity index (χ1v) is 0. The van der Waals surface area contributed by atoms with Crippen LogP contribution in [0.1, 0.15) is 0 Å². The van der Waals surface area contributed by atoms with E-state index in [9.17, 15) is 0 Å². The molecule has 0 rings (SSSR count). The Hall–Kier alpha value is 3.05. The van der Waals surface area contributed by atoms with Crippen molar-refractivity contribution < 1.29 is 103 Å². The van der Waals surface area contributed by atoms with Gasteiger partial charge in [0.05, 0.1) is 0 Å². The fraction of sp³-hybridized carbons (Fsp3) is 0. The summed E-state index contributed by atoms with van der Waals surface area (Å²) < 4.78 is 0. The Morgan fingerprint density at radius 2 is 1.00 bits per heavy atom. The number of hydrogen-bond donors (Lipinski definition) is 0. The Bertz CT molecular complexity index is 8.00. The van der Waals surface area contributed by atoms with Gasteiger partial charge in [0, 0.05) is 0 Å². The van der Waals surface area contributed by atoms with E-state index in [4.69, 9.17) is 0 Å². The Kier molecular flexibility index (Phi) is 115. The van der Waals surface area contributed by atoms with Gasteiger partial charge < -0.3 is 21.7 Å². The first-order valence-electron chi connectivity index (χ1n) is 0. The molecule has 0 aromatic carbocycles. The maximum Gasteiger partial charge on any atom is 1.00 e. The predicted octanol–water partition coefficient (Wildman–Crippen LogP) is -12.0. The van der Waals surface area contributed by atoms with Gasteiger partial charge in [-0.05, 0) is 0 Å². The normalized spacial score (nSPS) is 0. The summed E-state index contributed by atoms with van der Waals surface area (Å²) in [6.45, 7) is 0. The van der Waals surface area contributed by atoms with Gasteiger partial charge in [-0.25, -0.2) is 0 Å². The van der Waals surface area contributed by atoms with Crippen molar-refractivity contribution in [1.29, 1.82) is 0 Å². The van der Waals surface area contributed by atoms with Crippen molar-refractivity contribution >= 4 is 0 Å². The average Bonchev–Trinajstić information content (AvgIpc) is 0. The topological polar surface area (TPSA) is 0 Å². The maximum absolute atomic E-state index is 0. The molecule has 0 aliphatic carbocycles. The van der Waals surface area contributed by atoms with Gasteiger partial charge in [-0.3, -0.25) is 0 Å². The van der Waals surface area contributed by atoms with Gasteiger partial charge in [-0.15, -0.1) is 0 Å². The monoisotopic (exact) mass is 160 g/mol. The molecule has 0 radical (unpaired) electrons. The third-order valence-electron chi connectivity index (χ3n) is 0. The number of hydrogen-bond acceptors (Lipinski definition) is 0. The molecule has 4 heteroatoms. The summed E-state index contributed by atoms with van der Waals surface area (Å²) in [7, 11) is 0. The number of halogens is 2. The third kappa shape index (κ3) is 8.90. The smallest absolute Gasteiger partial charge is 1.00 e. The van der Waals surface area contributed by atoms with Crippen molar-refractivity contribution in [1.82, 2.24) is 0 Å². The molecule has 16 valence electrons.